The molecule has 1 rings (SSSR count). The van der Waals surface area contributed by atoms with Crippen molar-refractivity contribution in [1.82, 2.24) is 10.2 Å². The van der Waals surface area contributed by atoms with Gasteiger partial charge in [-0.3, -0.25) is 4.79 Å². The monoisotopic (exact) mass is 255 g/mol. The lowest BCUT2D eigenvalue weighted by Crippen LogP contribution is -2.59. The number of likely N-dealkylation sites (N-methyl/N-ethyl adjacent to an activating group) is 2. The van der Waals surface area contributed by atoms with Crippen molar-refractivity contribution < 1.29 is 4.79 Å². The second kappa shape index (κ2) is 7.10. The quantitative estimate of drug-likeness (QED) is 0.722. The molecule has 0 spiro atoms. The van der Waals surface area contributed by atoms with E-state index in [1.54, 1.807) is 0 Å². The minimum atomic E-state index is -0.613. The first-order valence-corrected chi connectivity index (χ1v) is 7.21. The van der Waals surface area contributed by atoms with Crippen molar-refractivity contribution in [2.45, 2.75) is 51.5 Å². The molecular formula is C14H29N3O. The number of rotatable bonds is 7. The van der Waals surface area contributed by atoms with Gasteiger partial charge in [-0.15, -0.1) is 0 Å². The first kappa shape index (κ1) is 15.4. The fraction of sp³-hybridized carbons (Fsp3) is 0.929. The molecule has 1 atom stereocenters. The summed E-state index contributed by atoms with van der Waals surface area (Å²) in [5.41, 5.74) is 4.90. The predicted molar refractivity (Wildman–Crippen MR) is 75.3 cm³/mol. The highest BCUT2D eigenvalue weighted by Crippen LogP contribution is 2.24. The summed E-state index contributed by atoms with van der Waals surface area (Å²) in [6.45, 7) is 6.43. The molecule has 0 aromatic rings. The van der Waals surface area contributed by atoms with Gasteiger partial charge in [-0.2, -0.15) is 0 Å². The van der Waals surface area contributed by atoms with Crippen molar-refractivity contribution in [2.24, 2.45) is 11.7 Å². The minimum absolute atomic E-state index is 0.264. The van der Waals surface area contributed by atoms with Gasteiger partial charge in [-0.1, -0.05) is 26.2 Å². The predicted octanol–water partition coefficient (Wildman–Crippen LogP) is 1.35. The molecule has 4 nitrogen and oxygen atoms in total. The third-order valence-electron chi connectivity index (χ3n) is 3.99. The average Bonchev–Trinajstić information content (AvgIpc) is 2.30. The van der Waals surface area contributed by atoms with E-state index < -0.39 is 5.54 Å². The highest BCUT2D eigenvalue weighted by atomic mass is 16.1. The molecule has 0 aromatic heterocycles. The maximum absolute atomic E-state index is 11.6. The summed E-state index contributed by atoms with van der Waals surface area (Å²) in [5, 5.41) is 3.21. The van der Waals surface area contributed by atoms with E-state index in [2.05, 4.69) is 17.3 Å². The second-order valence-corrected chi connectivity index (χ2v) is 5.93. The second-order valence-electron chi connectivity index (χ2n) is 5.93. The van der Waals surface area contributed by atoms with Gasteiger partial charge >= 0.3 is 0 Å². The standard InChI is InChI=1S/C14H29N3O/c1-4-16-14(2,13(15)18)11-17(3)10-12-8-6-5-7-9-12/h12,16H,4-11H2,1-3H3,(H2,15,18). The number of amides is 1. The SMILES string of the molecule is CCNC(C)(CN(C)CC1CCCCC1)C(N)=O. The molecule has 18 heavy (non-hydrogen) atoms. The highest BCUT2D eigenvalue weighted by Gasteiger charge is 2.31. The highest BCUT2D eigenvalue weighted by molar-refractivity contribution is 5.84. The topological polar surface area (TPSA) is 58.4 Å². The molecule has 3 N–H and O–H groups in total. The van der Waals surface area contributed by atoms with Crippen molar-refractivity contribution in [3.05, 3.63) is 0 Å². The van der Waals surface area contributed by atoms with Crippen LogP contribution >= 0.6 is 0 Å². The van der Waals surface area contributed by atoms with Crippen LogP contribution in [0.25, 0.3) is 0 Å². The first-order valence-electron chi connectivity index (χ1n) is 7.21. The molecule has 1 aliphatic rings. The Kier molecular flexibility index (Phi) is 6.09. The van der Waals surface area contributed by atoms with E-state index in [0.717, 1.165) is 19.0 Å². The maximum atomic E-state index is 11.6. The average molecular weight is 255 g/mol. The number of nitrogens with zero attached hydrogens (tertiary/aromatic N) is 1. The molecule has 1 unspecified atom stereocenters. The van der Waals surface area contributed by atoms with Gasteiger partial charge in [0.1, 0.15) is 5.54 Å². The largest absolute Gasteiger partial charge is 0.368 e. The molecule has 0 radical (unpaired) electrons. The van der Waals surface area contributed by atoms with Gasteiger partial charge in [0, 0.05) is 13.1 Å². The van der Waals surface area contributed by atoms with Crippen LogP contribution in [0, 0.1) is 5.92 Å². The van der Waals surface area contributed by atoms with Crippen molar-refractivity contribution in [1.29, 1.82) is 0 Å². The normalized spacial score (nSPS) is 20.9. The van der Waals surface area contributed by atoms with Crippen molar-refractivity contribution >= 4 is 5.91 Å². The van der Waals surface area contributed by atoms with Crippen molar-refractivity contribution in [3.63, 3.8) is 0 Å². The third kappa shape index (κ3) is 4.58. The molecule has 4 heteroatoms. The van der Waals surface area contributed by atoms with Crippen LogP contribution in [0.15, 0.2) is 0 Å². The number of nitrogens with one attached hydrogen (secondary N) is 1. The molecule has 1 aliphatic carbocycles. The van der Waals surface area contributed by atoms with Gasteiger partial charge in [0.25, 0.3) is 0 Å². The Hall–Kier alpha value is -0.610. The Balaban J connectivity index is 2.45. The molecular weight excluding hydrogens is 226 g/mol. The van der Waals surface area contributed by atoms with Crippen molar-refractivity contribution in [3.8, 4) is 0 Å². The molecule has 0 aromatic carbocycles. The fourth-order valence-corrected chi connectivity index (χ4v) is 3.03. The molecule has 1 fully saturated rings. The van der Waals surface area contributed by atoms with E-state index in [9.17, 15) is 4.79 Å². The maximum Gasteiger partial charge on any atom is 0.238 e. The van der Waals surface area contributed by atoms with E-state index in [4.69, 9.17) is 5.73 Å². The van der Waals surface area contributed by atoms with Crippen molar-refractivity contribution in [2.75, 3.05) is 26.7 Å². The van der Waals surface area contributed by atoms with Crippen LogP contribution < -0.4 is 11.1 Å². The summed E-state index contributed by atoms with van der Waals surface area (Å²) >= 11 is 0. The van der Waals surface area contributed by atoms with Crippen LogP contribution in [0.3, 0.4) is 0 Å². The Morgan fingerprint density at radius 2 is 2.00 bits per heavy atom. The zero-order chi connectivity index (χ0) is 13.6. The van der Waals surface area contributed by atoms with Crippen LogP contribution in [0.1, 0.15) is 46.0 Å². The molecule has 106 valence electrons. The van der Waals surface area contributed by atoms with Crippen LogP contribution in [0.2, 0.25) is 0 Å². The third-order valence-corrected chi connectivity index (χ3v) is 3.99. The Labute approximate surface area is 111 Å². The molecule has 0 bridgehead atoms. The van der Waals surface area contributed by atoms with Gasteiger partial charge in [0.05, 0.1) is 0 Å². The summed E-state index contributed by atoms with van der Waals surface area (Å²) in [6.07, 6.45) is 6.77. The van der Waals surface area contributed by atoms with E-state index >= 15 is 0 Å². The lowest BCUT2D eigenvalue weighted by Gasteiger charge is -2.34. The number of carbonyl (C=O) groups excluding carboxylic acids is 1. The molecule has 0 aliphatic heterocycles. The summed E-state index contributed by atoms with van der Waals surface area (Å²) < 4.78 is 0. The van der Waals surface area contributed by atoms with Crippen LogP contribution in [-0.4, -0.2) is 43.0 Å². The number of hydrogen-bond donors (Lipinski definition) is 2. The zero-order valence-electron chi connectivity index (χ0n) is 12.2. The van der Waals surface area contributed by atoms with Gasteiger partial charge in [-0.05, 0) is 39.3 Å². The van der Waals surface area contributed by atoms with Crippen LogP contribution in [0.5, 0.6) is 0 Å². The van der Waals surface area contributed by atoms with E-state index in [1.807, 2.05) is 13.8 Å². The number of nitrogens with two attached hydrogens (primary N) is 1. The van der Waals surface area contributed by atoms with Crippen LogP contribution in [-0.2, 0) is 4.79 Å². The lowest BCUT2D eigenvalue weighted by atomic mass is 9.88. The molecule has 1 amide bonds. The first-order chi connectivity index (χ1) is 8.48. The summed E-state index contributed by atoms with van der Waals surface area (Å²) in [6, 6.07) is 0. The Morgan fingerprint density at radius 3 is 2.50 bits per heavy atom. The van der Waals surface area contributed by atoms with E-state index in [-0.39, 0.29) is 5.91 Å². The minimum Gasteiger partial charge on any atom is -0.368 e. The molecule has 0 heterocycles. The van der Waals surface area contributed by atoms with Gasteiger partial charge in [-0.25, -0.2) is 0 Å². The van der Waals surface area contributed by atoms with Crippen LogP contribution in [0.4, 0.5) is 0 Å². The summed E-state index contributed by atoms with van der Waals surface area (Å²) in [5.74, 6) is 0.530. The lowest BCUT2D eigenvalue weighted by molar-refractivity contribution is -0.124. The molecule has 1 saturated carbocycles. The van der Waals surface area contributed by atoms with E-state index in [0.29, 0.717) is 6.54 Å². The number of carbonyl (C=O) groups is 1. The molecule has 0 saturated heterocycles. The summed E-state index contributed by atoms with van der Waals surface area (Å²) in [4.78, 5) is 13.8. The van der Waals surface area contributed by atoms with Gasteiger partial charge in [0.15, 0.2) is 0 Å². The smallest absolute Gasteiger partial charge is 0.238 e. The van der Waals surface area contributed by atoms with E-state index in [1.165, 1.54) is 32.1 Å². The fourth-order valence-electron chi connectivity index (χ4n) is 3.03. The zero-order valence-corrected chi connectivity index (χ0v) is 12.2. The Bertz CT molecular complexity index is 264. The number of primary amides is 1. The number of hydrogen-bond acceptors (Lipinski definition) is 3. The van der Waals surface area contributed by atoms with Gasteiger partial charge < -0.3 is 16.0 Å². The van der Waals surface area contributed by atoms with Gasteiger partial charge in [0.2, 0.25) is 5.91 Å². The Morgan fingerprint density at radius 1 is 1.39 bits per heavy atom. The summed E-state index contributed by atoms with van der Waals surface area (Å²) in [7, 11) is 2.09.